The summed E-state index contributed by atoms with van der Waals surface area (Å²) in [6.45, 7) is 3.78. The number of rotatable bonds is 6. The topological polar surface area (TPSA) is 84.7 Å². The number of nitrogens with zero attached hydrogens (tertiary/aromatic N) is 2. The molecule has 0 aromatic heterocycles. The first-order valence-corrected chi connectivity index (χ1v) is 9.38. The van der Waals surface area contributed by atoms with Gasteiger partial charge in [-0.15, -0.1) is 0 Å². The summed E-state index contributed by atoms with van der Waals surface area (Å²) < 4.78 is 5.14. The van der Waals surface area contributed by atoms with Crippen LogP contribution >= 0.6 is 0 Å². The van der Waals surface area contributed by atoms with Crippen LogP contribution in [0.1, 0.15) is 24.0 Å². The second-order valence-electron chi connectivity index (χ2n) is 7.06. The summed E-state index contributed by atoms with van der Waals surface area (Å²) in [7, 11) is 1.63. The minimum Gasteiger partial charge on any atom is -0.497 e. The van der Waals surface area contributed by atoms with E-state index in [9.17, 15) is 14.9 Å². The number of hydrogen-bond donors (Lipinski definition) is 1. The lowest BCUT2D eigenvalue weighted by Gasteiger charge is -2.33. The first-order chi connectivity index (χ1) is 13.5. The average molecular weight is 383 g/mol. The number of amides is 1. The van der Waals surface area contributed by atoms with Gasteiger partial charge in [0.15, 0.2) is 0 Å². The maximum atomic E-state index is 12.5. The Kier molecular flexibility index (Phi) is 6.13. The highest BCUT2D eigenvalue weighted by Crippen LogP contribution is 2.28. The van der Waals surface area contributed by atoms with E-state index in [0.29, 0.717) is 12.1 Å². The van der Waals surface area contributed by atoms with Gasteiger partial charge < -0.3 is 15.0 Å². The first-order valence-electron chi connectivity index (χ1n) is 9.38. The van der Waals surface area contributed by atoms with E-state index in [-0.39, 0.29) is 22.4 Å². The molecule has 1 saturated heterocycles. The van der Waals surface area contributed by atoms with Crippen LogP contribution in [0.25, 0.3) is 0 Å². The Morgan fingerprint density at radius 2 is 1.89 bits per heavy atom. The maximum Gasteiger partial charge on any atom is 0.272 e. The molecule has 1 N–H and O–H groups in total. The molecule has 148 valence electrons. The van der Waals surface area contributed by atoms with Crippen LogP contribution in [0.5, 0.6) is 5.75 Å². The van der Waals surface area contributed by atoms with Crippen LogP contribution in [-0.4, -0.2) is 31.0 Å². The fourth-order valence-electron chi connectivity index (χ4n) is 3.52. The Bertz CT molecular complexity index is 843. The molecule has 1 aliphatic rings. The Morgan fingerprint density at radius 3 is 2.46 bits per heavy atom. The Balaban J connectivity index is 1.51. The SMILES string of the molecule is COc1ccc(CNC(=O)C2CCN(c3ccc([N+](=O)[O-])c(C)c3)CC2)cc1. The monoisotopic (exact) mass is 383 g/mol. The average Bonchev–Trinajstić information content (AvgIpc) is 2.72. The maximum absolute atomic E-state index is 12.5. The van der Waals surface area contributed by atoms with Crippen molar-refractivity contribution in [3.8, 4) is 5.75 Å². The zero-order valence-corrected chi connectivity index (χ0v) is 16.2. The Labute approximate surface area is 164 Å². The number of anilines is 1. The third kappa shape index (κ3) is 4.60. The van der Waals surface area contributed by atoms with Crippen molar-refractivity contribution in [3.05, 3.63) is 63.7 Å². The lowest BCUT2D eigenvalue weighted by molar-refractivity contribution is -0.385. The molecule has 0 aliphatic carbocycles. The highest BCUT2D eigenvalue weighted by atomic mass is 16.6. The van der Waals surface area contributed by atoms with Gasteiger partial charge in [0, 0.05) is 42.9 Å². The van der Waals surface area contributed by atoms with Crippen molar-refractivity contribution in [2.24, 2.45) is 5.92 Å². The molecule has 3 rings (SSSR count). The summed E-state index contributed by atoms with van der Waals surface area (Å²) in [5.74, 6) is 0.868. The van der Waals surface area contributed by atoms with Crippen molar-refractivity contribution >= 4 is 17.3 Å². The number of nitrogens with one attached hydrogen (secondary N) is 1. The van der Waals surface area contributed by atoms with Crippen molar-refractivity contribution in [2.45, 2.75) is 26.3 Å². The van der Waals surface area contributed by atoms with E-state index in [1.54, 1.807) is 26.2 Å². The van der Waals surface area contributed by atoms with Gasteiger partial charge >= 0.3 is 0 Å². The van der Waals surface area contributed by atoms with E-state index >= 15 is 0 Å². The molecule has 28 heavy (non-hydrogen) atoms. The van der Waals surface area contributed by atoms with Gasteiger partial charge in [-0.3, -0.25) is 14.9 Å². The fraction of sp³-hybridized carbons (Fsp3) is 0.381. The highest BCUT2D eigenvalue weighted by molar-refractivity contribution is 5.79. The third-order valence-electron chi connectivity index (χ3n) is 5.23. The molecule has 0 spiro atoms. The second kappa shape index (κ2) is 8.73. The van der Waals surface area contributed by atoms with Crippen molar-refractivity contribution in [3.63, 3.8) is 0 Å². The summed E-state index contributed by atoms with van der Waals surface area (Å²) in [4.78, 5) is 25.3. The van der Waals surface area contributed by atoms with Gasteiger partial charge in [0.1, 0.15) is 5.75 Å². The molecule has 0 bridgehead atoms. The van der Waals surface area contributed by atoms with Gasteiger partial charge in [-0.1, -0.05) is 12.1 Å². The molecule has 1 aliphatic heterocycles. The number of benzene rings is 2. The quantitative estimate of drug-likeness (QED) is 0.610. The van der Waals surface area contributed by atoms with Crippen LogP contribution in [0.3, 0.4) is 0 Å². The van der Waals surface area contributed by atoms with E-state index < -0.39 is 0 Å². The van der Waals surface area contributed by atoms with Gasteiger partial charge in [-0.25, -0.2) is 0 Å². The largest absolute Gasteiger partial charge is 0.497 e. The number of carbonyl (C=O) groups is 1. The molecule has 1 fully saturated rings. The third-order valence-corrected chi connectivity index (χ3v) is 5.23. The van der Waals surface area contributed by atoms with E-state index in [1.165, 1.54) is 0 Å². The van der Waals surface area contributed by atoms with Crippen LogP contribution in [0.15, 0.2) is 42.5 Å². The molecule has 1 heterocycles. The molecule has 2 aromatic rings. The molecule has 1 amide bonds. The van der Waals surface area contributed by atoms with Gasteiger partial charge in [0.2, 0.25) is 5.91 Å². The molecule has 0 saturated carbocycles. The number of ether oxygens (including phenoxy) is 1. The van der Waals surface area contributed by atoms with Gasteiger partial charge in [0.05, 0.1) is 12.0 Å². The molecule has 0 radical (unpaired) electrons. The summed E-state index contributed by atoms with van der Waals surface area (Å²) in [6, 6.07) is 12.8. The van der Waals surface area contributed by atoms with E-state index in [0.717, 1.165) is 42.9 Å². The minimum absolute atomic E-state index is 0.00589. The summed E-state index contributed by atoms with van der Waals surface area (Å²) >= 11 is 0. The van der Waals surface area contributed by atoms with E-state index in [1.807, 2.05) is 30.3 Å². The zero-order valence-electron chi connectivity index (χ0n) is 16.2. The van der Waals surface area contributed by atoms with Gasteiger partial charge in [-0.2, -0.15) is 0 Å². The fourth-order valence-corrected chi connectivity index (χ4v) is 3.52. The second-order valence-corrected chi connectivity index (χ2v) is 7.06. The number of methoxy groups -OCH3 is 1. The summed E-state index contributed by atoms with van der Waals surface area (Å²) in [5.41, 5.74) is 2.80. The number of nitro benzene ring substituents is 1. The normalized spacial score (nSPS) is 14.6. The Hall–Kier alpha value is -3.09. The van der Waals surface area contributed by atoms with Crippen molar-refractivity contribution in [1.82, 2.24) is 5.32 Å². The molecule has 7 nitrogen and oxygen atoms in total. The van der Waals surface area contributed by atoms with Gasteiger partial charge in [0.25, 0.3) is 5.69 Å². The lowest BCUT2D eigenvalue weighted by Crippen LogP contribution is -2.40. The smallest absolute Gasteiger partial charge is 0.272 e. The summed E-state index contributed by atoms with van der Waals surface area (Å²) in [6.07, 6.45) is 1.54. The van der Waals surface area contributed by atoms with Crippen LogP contribution in [0.2, 0.25) is 0 Å². The molecule has 2 aromatic carbocycles. The lowest BCUT2D eigenvalue weighted by atomic mass is 9.95. The standard InChI is InChI=1S/C21H25N3O4/c1-15-13-18(5-8-20(15)24(26)27)23-11-9-17(10-12-23)21(25)22-14-16-3-6-19(28-2)7-4-16/h3-8,13,17H,9-12,14H2,1-2H3,(H,22,25). The predicted molar refractivity (Wildman–Crippen MR) is 108 cm³/mol. The van der Waals surface area contributed by atoms with Crippen LogP contribution in [0, 0.1) is 23.0 Å². The highest BCUT2D eigenvalue weighted by Gasteiger charge is 2.25. The number of hydrogen-bond acceptors (Lipinski definition) is 5. The molecular formula is C21H25N3O4. The summed E-state index contributed by atoms with van der Waals surface area (Å²) in [5, 5.41) is 14.0. The molecule has 0 atom stereocenters. The minimum atomic E-state index is -0.363. The molecule has 0 unspecified atom stereocenters. The van der Waals surface area contributed by atoms with Crippen molar-refractivity contribution < 1.29 is 14.5 Å². The Morgan fingerprint density at radius 1 is 1.21 bits per heavy atom. The van der Waals surface area contributed by atoms with Crippen molar-refractivity contribution in [2.75, 3.05) is 25.1 Å². The number of aryl methyl sites for hydroxylation is 1. The molecular weight excluding hydrogens is 358 g/mol. The van der Waals surface area contributed by atoms with Crippen molar-refractivity contribution in [1.29, 1.82) is 0 Å². The van der Waals surface area contributed by atoms with E-state index in [4.69, 9.17) is 4.74 Å². The zero-order chi connectivity index (χ0) is 20.1. The van der Waals surface area contributed by atoms with Crippen LogP contribution in [0.4, 0.5) is 11.4 Å². The van der Waals surface area contributed by atoms with Crippen LogP contribution in [-0.2, 0) is 11.3 Å². The predicted octanol–water partition coefficient (Wildman–Crippen LogP) is 3.44. The van der Waals surface area contributed by atoms with Crippen LogP contribution < -0.4 is 15.0 Å². The number of carbonyl (C=O) groups excluding carboxylic acids is 1. The van der Waals surface area contributed by atoms with Gasteiger partial charge in [-0.05, 0) is 49.6 Å². The first kappa shape index (κ1) is 19.7. The number of nitro groups is 1. The van der Waals surface area contributed by atoms with E-state index in [2.05, 4.69) is 10.2 Å². The molecule has 7 heteroatoms. The number of piperidine rings is 1.